The van der Waals surface area contributed by atoms with Gasteiger partial charge in [-0.25, -0.2) is 4.39 Å². The number of carbonyl (C=O) groups excluding carboxylic acids is 1. The van der Waals surface area contributed by atoms with E-state index in [4.69, 9.17) is 21.1 Å². The van der Waals surface area contributed by atoms with Gasteiger partial charge in [0.25, 0.3) is 0 Å². The molecule has 0 amide bonds. The number of hydrogen-bond donors (Lipinski definition) is 0. The monoisotopic (exact) mass is 202 g/mol. The van der Waals surface area contributed by atoms with Crippen molar-refractivity contribution in [3.05, 3.63) is 22.5 Å². The van der Waals surface area contributed by atoms with Crippen molar-refractivity contribution < 1.29 is 18.7 Å². The highest BCUT2D eigenvalue weighted by Gasteiger charge is 2.23. The highest BCUT2D eigenvalue weighted by molar-refractivity contribution is 6.32. The zero-order valence-electron chi connectivity index (χ0n) is 6.34. The van der Waals surface area contributed by atoms with Crippen LogP contribution in [0.3, 0.4) is 0 Å². The minimum absolute atomic E-state index is 0.00317. The van der Waals surface area contributed by atoms with Crippen LogP contribution < -0.4 is 9.47 Å². The average molecular weight is 203 g/mol. The summed E-state index contributed by atoms with van der Waals surface area (Å²) in [6.07, 6.45) is 0.378. The molecular weight excluding hydrogens is 199 g/mol. The zero-order chi connectivity index (χ0) is 9.42. The molecule has 2 rings (SSSR count). The van der Waals surface area contributed by atoms with Crippen molar-refractivity contribution in [3.63, 3.8) is 0 Å². The number of benzene rings is 1. The van der Waals surface area contributed by atoms with Gasteiger partial charge in [-0.05, 0) is 6.07 Å². The second-order valence-electron chi connectivity index (χ2n) is 2.45. The SMILES string of the molecule is O=Cc1cc2c(c(Cl)c1F)OCO2. The van der Waals surface area contributed by atoms with E-state index in [0.29, 0.717) is 12.0 Å². The van der Waals surface area contributed by atoms with Gasteiger partial charge in [-0.1, -0.05) is 11.6 Å². The standard InChI is InChI=1S/C8H4ClFO3/c9-6-7(10)4(2-11)1-5-8(6)13-3-12-5/h1-2H,3H2. The van der Waals surface area contributed by atoms with Crippen LogP contribution >= 0.6 is 11.6 Å². The average Bonchev–Trinajstić information content (AvgIpc) is 2.59. The molecule has 68 valence electrons. The van der Waals surface area contributed by atoms with E-state index in [-0.39, 0.29) is 23.1 Å². The summed E-state index contributed by atoms with van der Waals surface area (Å²) in [5.41, 5.74) is -0.130. The van der Waals surface area contributed by atoms with Crippen LogP contribution in [-0.2, 0) is 0 Å². The summed E-state index contributed by atoms with van der Waals surface area (Å²) in [4.78, 5) is 10.4. The molecule has 0 aliphatic carbocycles. The van der Waals surface area contributed by atoms with Gasteiger partial charge < -0.3 is 9.47 Å². The summed E-state index contributed by atoms with van der Waals surface area (Å²) in [7, 11) is 0. The fourth-order valence-corrected chi connectivity index (χ4v) is 1.34. The van der Waals surface area contributed by atoms with Gasteiger partial charge in [-0.15, -0.1) is 0 Å². The Balaban J connectivity index is 2.68. The lowest BCUT2D eigenvalue weighted by Gasteiger charge is -2.01. The lowest BCUT2D eigenvalue weighted by molar-refractivity contribution is 0.111. The molecule has 5 heteroatoms. The molecule has 0 saturated carbocycles. The van der Waals surface area contributed by atoms with Gasteiger partial charge in [0.05, 0.1) is 5.56 Å². The van der Waals surface area contributed by atoms with E-state index < -0.39 is 5.82 Å². The molecule has 1 aromatic carbocycles. The van der Waals surface area contributed by atoms with Crippen molar-refractivity contribution in [2.75, 3.05) is 6.79 Å². The minimum Gasteiger partial charge on any atom is -0.454 e. The molecular formula is C8H4ClFO3. The molecule has 0 saturated heterocycles. The number of fused-ring (bicyclic) bond motifs is 1. The van der Waals surface area contributed by atoms with Gasteiger partial charge in [-0.2, -0.15) is 0 Å². The molecule has 0 radical (unpaired) electrons. The molecule has 0 bridgehead atoms. The Kier molecular flexibility index (Phi) is 1.84. The first-order chi connectivity index (χ1) is 6.24. The molecule has 1 aliphatic rings. The van der Waals surface area contributed by atoms with E-state index in [1.165, 1.54) is 6.07 Å². The number of rotatable bonds is 1. The predicted octanol–water partition coefficient (Wildman–Crippen LogP) is 2.02. The fraction of sp³-hybridized carbons (Fsp3) is 0.125. The topological polar surface area (TPSA) is 35.5 Å². The smallest absolute Gasteiger partial charge is 0.231 e. The predicted molar refractivity (Wildman–Crippen MR) is 42.9 cm³/mol. The molecule has 0 N–H and O–H groups in total. The Morgan fingerprint density at radius 2 is 2.31 bits per heavy atom. The molecule has 0 fully saturated rings. The van der Waals surface area contributed by atoms with Gasteiger partial charge >= 0.3 is 0 Å². The number of halogens is 2. The lowest BCUT2D eigenvalue weighted by Crippen LogP contribution is -1.93. The van der Waals surface area contributed by atoms with Crippen LogP contribution in [0.5, 0.6) is 11.5 Å². The van der Waals surface area contributed by atoms with Gasteiger partial charge in [-0.3, -0.25) is 4.79 Å². The van der Waals surface area contributed by atoms with Crippen molar-refractivity contribution in [1.29, 1.82) is 0 Å². The Labute approximate surface area is 78.0 Å². The van der Waals surface area contributed by atoms with Crippen molar-refractivity contribution in [2.24, 2.45) is 0 Å². The van der Waals surface area contributed by atoms with E-state index in [1.54, 1.807) is 0 Å². The summed E-state index contributed by atoms with van der Waals surface area (Å²) in [6.45, 7) is -0.00317. The molecule has 1 aliphatic heterocycles. The molecule has 0 aromatic heterocycles. The second kappa shape index (κ2) is 2.88. The number of carbonyl (C=O) groups is 1. The maximum Gasteiger partial charge on any atom is 0.231 e. The molecule has 0 atom stereocenters. The van der Waals surface area contributed by atoms with Crippen LogP contribution in [0, 0.1) is 5.82 Å². The zero-order valence-corrected chi connectivity index (χ0v) is 7.10. The summed E-state index contributed by atoms with van der Waals surface area (Å²) in [5.74, 6) is -0.320. The minimum atomic E-state index is -0.777. The first-order valence-corrected chi connectivity index (χ1v) is 3.84. The third kappa shape index (κ3) is 1.14. The van der Waals surface area contributed by atoms with E-state index in [9.17, 15) is 9.18 Å². The number of aldehydes is 1. The molecule has 3 nitrogen and oxygen atoms in total. The van der Waals surface area contributed by atoms with Crippen LogP contribution in [0.4, 0.5) is 4.39 Å². The quantitative estimate of drug-likeness (QED) is 0.654. The third-order valence-corrected chi connectivity index (χ3v) is 2.04. The first kappa shape index (κ1) is 8.31. The highest BCUT2D eigenvalue weighted by atomic mass is 35.5. The van der Waals surface area contributed by atoms with Crippen molar-refractivity contribution in [1.82, 2.24) is 0 Å². The summed E-state index contributed by atoms with van der Waals surface area (Å²) < 4.78 is 23.0. The molecule has 13 heavy (non-hydrogen) atoms. The normalized spacial score (nSPS) is 13.1. The van der Waals surface area contributed by atoms with E-state index >= 15 is 0 Å². The fourth-order valence-electron chi connectivity index (χ4n) is 1.08. The van der Waals surface area contributed by atoms with E-state index in [2.05, 4.69) is 0 Å². The Hall–Kier alpha value is -1.29. The Morgan fingerprint density at radius 1 is 1.54 bits per heavy atom. The third-order valence-electron chi connectivity index (χ3n) is 1.70. The number of hydrogen-bond acceptors (Lipinski definition) is 3. The second-order valence-corrected chi connectivity index (χ2v) is 2.82. The number of ether oxygens (including phenoxy) is 2. The first-order valence-electron chi connectivity index (χ1n) is 3.47. The van der Waals surface area contributed by atoms with Crippen molar-refractivity contribution in [3.8, 4) is 11.5 Å². The van der Waals surface area contributed by atoms with Gasteiger partial charge in [0.15, 0.2) is 23.6 Å². The van der Waals surface area contributed by atoms with E-state index in [1.807, 2.05) is 0 Å². The van der Waals surface area contributed by atoms with Crippen molar-refractivity contribution >= 4 is 17.9 Å². The van der Waals surface area contributed by atoms with Gasteiger partial charge in [0.2, 0.25) is 6.79 Å². The van der Waals surface area contributed by atoms with Crippen LogP contribution in [0.1, 0.15) is 10.4 Å². The summed E-state index contributed by atoms with van der Waals surface area (Å²) in [5, 5.41) is -0.211. The van der Waals surface area contributed by atoms with Crippen molar-refractivity contribution in [2.45, 2.75) is 0 Å². The van der Waals surface area contributed by atoms with Crippen LogP contribution in [0.2, 0.25) is 5.02 Å². The molecule has 1 aromatic rings. The lowest BCUT2D eigenvalue weighted by atomic mass is 10.2. The Morgan fingerprint density at radius 3 is 3.00 bits per heavy atom. The maximum absolute atomic E-state index is 13.2. The molecule has 0 unspecified atom stereocenters. The molecule has 1 heterocycles. The Bertz CT molecular complexity index is 378. The van der Waals surface area contributed by atoms with Gasteiger partial charge in [0, 0.05) is 0 Å². The largest absolute Gasteiger partial charge is 0.454 e. The maximum atomic E-state index is 13.2. The molecule has 0 spiro atoms. The summed E-state index contributed by atoms with van der Waals surface area (Å²) in [6, 6.07) is 1.26. The highest BCUT2D eigenvalue weighted by Crippen LogP contribution is 2.41. The van der Waals surface area contributed by atoms with Crippen LogP contribution in [0.15, 0.2) is 6.07 Å². The summed E-state index contributed by atoms with van der Waals surface area (Å²) >= 11 is 5.58. The van der Waals surface area contributed by atoms with Gasteiger partial charge in [0.1, 0.15) is 5.02 Å². The van der Waals surface area contributed by atoms with Crippen LogP contribution in [-0.4, -0.2) is 13.1 Å². The van der Waals surface area contributed by atoms with Crippen LogP contribution in [0.25, 0.3) is 0 Å². The van der Waals surface area contributed by atoms with E-state index in [0.717, 1.165) is 0 Å².